The van der Waals surface area contributed by atoms with Gasteiger partial charge in [0.1, 0.15) is 17.1 Å². The molecule has 1 aromatic carbocycles. The molecule has 2 aromatic rings. The summed E-state index contributed by atoms with van der Waals surface area (Å²) in [5.74, 6) is 1.33. The molecule has 1 aromatic heterocycles. The molecule has 18 heavy (non-hydrogen) atoms. The van der Waals surface area contributed by atoms with Crippen molar-refractivity contribution in [3.8, 4) is 11.6 Å². The van der Waals surface area contributed by atoms with Crippen molar-refractivity contribution in [3.05, 3.63) is 41.7 Å². The first-order valence-electron chi connectivity index (χ1n) is 5.56. The Morgan fingerprint density at radius 1 is 1.28 bits per heavy atom. The maximum absolute atomic E-state index is 5.77. The van der Waals surface area contributed by atoms with Crippen molar-refractivity contribution in [2.75, 3.05) is 6.26 Å². The molecule has 0 radical (unpaired) electrons. The molecule has 0 aliphatic carbocycles. The molecule has 5 heteroatoms. The number of benzene rings is 1. The van der Waals surface area contributed by atoms with Crippen LogP contribution in [0.4, 0.5) is 0 Å². The van der Waals surface area contributed by atoms with Gasteiger partial charge in [0, 0.05) is 12.6 Å². The summed E-state index contributed by atoms with van der Waals surface area (Å²) < 4.78 is 5.77. The van der Waals surface area contributed by atoms with Gasteiger partial charge in [-0.2, -0.15) is 0 Å². The lowest BCUT2D eigenvalue weighted by molar-refractivity contribution is 0.455. The van der Waals surface area contributed by atoms with Crippen molar-refractivity contribution < 1.29 is 4.74 Å². The molecule has 0 atom stereocenters. The van der Waals surface area contributed by atoms with Gasteiger partial charge in [-0.25, -0.2) is 9.97 Å². The van der Waals surface area contributed by atoms with E-state index in [2.05, 4.69) is 9.97 Å². The zero-order chi connectivity index (χ0) is 13.0. The zero-order valence-corrected chi connectivity index (χ0v) is 11.2. The Hall–Kier alpha value is -1.59. The van der Waals surface area contributed by atoms with Gasteiger partial charge in [-0.3, -0.25) is 0 Å². The molecule has 0 aliphatic heterocycles. The van der Waals surface area contributed by atoms with Crippen LogP contribution in [-0.4, -0.2) is 16.2 Å². The summed E-state index contributed by atoms with van der Waals surface area (Å²) in [7, 11) is 0. The molecule has 0 aliphatic rings. The van der Waals surface area contributed by atoms with Crippen molar-refractivity contribution in [1.82, 2.24) is 9.97 Å². The SMILES string of the molecule is CSc1cc(Oc2cc(CN)ccc2C)ncn1. The minimum absolute atomic E-state index is 0.497. The normalized spacial score (nSPS) is 10.4. The van der Waals surface area contributed by atoms with E-state index in [1.54, 1.807) is 11.8 Å². The fraction of sp³-hybridized carbons (Fsp3) is 0.231. The summed E-state index contributed by atoms with van der Waals surface area (Å²) in [6.07, 6.45) is 3.47. The lowest BCUT2D eigenvalue weighted by atomic mass is 10.1. The summed E-state index contributed by atoms with van der Waals surface area (Å²) in [6.45, 7) is 2.49. The number of aryl methyl sites for hydroxylation is 1. The number of rotatable bonds is 4. The van der Waals surface area contributed by atoms with Gasteiger partial charge >= 0.3 is 0 Å². The largest absolute Gasteiger partial charge is 0.439 e. The van der Waals surface area contributed by atoms with Crippen LogP contribution in [0.15, 0.2) is 35.6 Å². The fourth-order valence-electron chi connectivity index (χ4n) is 1.48. The lowest BCUT2D eigenvalue weighted by Crippen LogP contribution is -1.98. The molecule has 4 nitrogen and oxygen atoms in total. The van der Waals surface area contributed by atoms with E-state index >= 15 is 0 Å². The van der Waals surface area contributed by atoms with E-state index in [1.807, 2.05) is 37.4 Å². The van der Waals surface area contributed by atoms with Gasteiger partial charge in [-0.1, -0.05) is 12.1 Å². The van der Waals surface area contributed by atoms with E-state index in [-0.39, 0.29) is 0 Å². The molecule has 0 amide bonds. The minimum Gasteiger partial charge on any atom is -0.439 e. The van der Waals surface area contributed by atoms with Crippen LogP contribution in [0.25, 0.3) is 0 Å². The maximum Gasteiger partial charge on any atom is 0.223 e. The Balaban J connectivity index is 2.27. The summed E-state index contributed by atoms with van der Waals surface area (Å²) >= 11 is 1.55. The van der Waals surface area contributed by atoms with E-state index in [0.29, 0.717) is 12.4 Å². The number of aromatic nitrogens is 2. The number of hydrogen-bond acceptors (Lipinski definition) is 5. The number of ether oxygens (including phenoxy) is 1. The summed E-state index contributed by atoms with van der Waals surface area (Å²) in [5.41, 5.74) is 7.71. The maximum atomic E-state index is 5.77. The highest BCUT2D eigenvalue weighted by molar-refractivity contribution is 7.98. The zero-order valence-electron chi connectivity index (χ0n) is 10.4. The number of nitrogens with zero attached hydrogens (tertiary/aromatic N) is 2. The first kappa shape index (κ1) is 12.9. The molecule has 0 bridgehead atoms. The molecule has 0 saturated heterocycles. The Morgan fingerprint density at radius 3 is 2.83 bits per heavy atom. The van der Waals surface area contributed by atoms with Gasteiger partial charge in [0.25, 0.3) is 0 Å². The lowest BCUT2D eigenvalue weighted by Gasteiger charge is -2.09. The van der Waals surface area contributed by atoms with E-state index in [4.69, 9.17) is 10.5 Å². The second kappa shape index (κ2) is 5.84. The molecule has 0 fully saturated rings. The molecule has 2 rings (SSSR count). The topological polar surface area (TPSA) is 61.0 Å². The van der Waals surface area contributed by atoms with E-state index in [0.717, 1.165) is 21.9 Å². The second-order valence-corrected chi connectivity index (χ2v) is 4.63. The van der Waals surface area contributed by atoms with Crippen LogP contribution in [-0.2, 0) is 6.54 Å². The molecule has 0 saturated carbocycles. The standard InChI is InChI=1S/C13H15N3OS/c1-9-3-4-10(7-14)5-11(9)17-12-6-13(18-2)16-8-15-12/h3-6,8H,7,14H2,1-2H3. The van der Waals surface area contributed by atoms with Crippen LogP contribution in [0.2, 0.25) is 0 Å². The van der Waals surface area contributed by atoms with Gasteiger partial charge in [0.2, 0.25) is 5.88 Å². The number of nitrogens with two attached hydrogens (primary N) is 1. The smallest absolute Gasteiger partial charge is 0.223 e. The Labute approximate surface area is 111 Å². The fourth-order valence-corrected chi connectivity index (χ4v) is 1.86. The number of hydrogen-bond donors (Lipinski definition) is 1. The quantitative estimate of drug-likeness (QED) is 0.677. The van der Waals surface area contributed by atoms with Crippen LogP contribution in [0.1, 0.15) is 11.1 Å². The van der Waals surface area contributed by atoms with E-state index in [9.17, 15) is 0 Å². The van der Waals surface area contributed by atoms with Gasteiger partial charge in [0.15, 0.2) is 0 Å². The van der Waals surface area contributed by atoms with Crippen LogP contribution in [0.5, 0.6) is 11.6 Å². The monoisotopic (exact) mass is 261 g/mol. The second-order valence-electron chi connectivity index (χ2n) is 3.80. The molecular formula is C13H15N3OS. The summed E-state index contributed by atoms with van der Waals surface area (Å²) in [6, 6.07) is 7.75. The summed E-state index contributed by atoms with van der Waals surface area (Å²) in [5, 5.41) is 0.882. The van der Waals surface area contributed by atoms with Crippen molar-refractivity contribution in [1.29, 1.82) is 0 Å². The third kappa shape index (κ3) is 3.00. The van der Waals surface area contributed by atoms with Gasteiger partial charge in [-0.05, 0) is 30.4 Å². The van der Waals surface area contributed by atoms with Crippen molar-refractivity contribution in [2.24, 2.45) is 5.73 Å². The molecule has 1 heterocycles. The summed E-state index contributed by atoms with van der Waals surface area (Å²) in [4.78, 5) is 8.21. The molecule has 94 valence electrons. The van der Waals surface area contributed by atoms with Gasteiger partial charge in [-0.15, -0.1) is 11.8 Å². The number of thioether (sulfide) groups is 1. The molecule has 2 N–H and O–H groups in total. The van der Waals surface area contributed by atoms with Gasteiger partial charge in [0.05, 0.1) is 0 Å². The van der Waals surface area contributed by atoms with Crippen molar-refractivity contribution in [3.63, 3.8) is 0 Å². The average molecular weight is 261 g/mol. The van der Waals surface area contributed by atoms with Crippen LogP contribution < -0.4 is 10.5 Å². The highest BCUT2D eigenvalue weighted by Gasteiger charge is 2.05. The van der Waals surface area contributed by atoms with Crippen LogP contribution >= 0.6 is 11.8 Å². The van der Waals surface area contributed by atoms with E-state index in [1.165, 1.54) is 6.33 Å². The first-order chi connectivity index (χ1) is 8.72. The molecule has 0 spiro atoms. The first-order valence-corrected chi connectivity index (χ1v) is 6.79. The average Bonchev–Trinajstić information content (AvgIpc) is 2.41. The van der Waals surface area contributed by atoms with Crippen molar-refractivity contribution in [2.45, 2.75) is 18.5 Å². The highest BCUT2D eigenvalue weighted by atomic mass is 32.2. The third-order valence-corrected chi connectivity index (χ3v) is 3.17. The van der Waals surface area contributed by atoms with Crippen LogP contribution in [0, 0.1) is 6.92 Å². The molecular weight excluding hydrogens is 246 g/mol. The van der Waals surface area contributed by atoms with E-state index < -0.39 is 0 Å². The Morgan fingerprint density at radius 2 is 2.11 bits per heavy atom. The minimum atomic E-state index is 0.497. The molecule has 0 unspecified atom stereocenters. The van der Waals surface area contributed by atoms with Gasteiger partial charge < -0.3 is 10.5 Å². The predicted octanol–water partition coefficient (Wildman–Crippen LogP) is 2.76. The van der Waals surface area contributed by atoms with Crippen molar-refractivity contribution >= 4 is 11.8 Å². The Bertz CT molecular complexity index is 546. The predicted molar refractivity (Wildman–Crippen MR) is 73.0 cm³/mol. The Kier molecular flexibility index (Phi) is 4.17. The highest BCUT2D eigenvalue weighted by Crippen LogP contribution is 2.26. The van der Waals surface area contributed by atoms with Crippen LogP contribution in [0.3, 0.4) is 0 Å². The third-order valence-electron chi connectivity index (χ3n) is 2.53.